The highest BCUT2D eigenvalue weighted by molar-refractivity contribution is 6.32. The second kappa shape index (κ2) is 5.14. The summed E-state index contributed by atoms with van der Waals surface area (Å²) < 4.78 is 10.6. The first-order valence-corrected chi connectivity index (χ1v) is 6.95. The molecule has 5 nitrogen and oxygen atoms in total. The van der Waals surface area contributed by atoms with Crippen molar-refractivity contribution in [3.05, 3.63) is 22.7 Å². The minimum Gasteiger partial charge on any atom is -0.481 e. The Morgan fingerprint density at radius 2 is 2.25 bits per heavy atom. The highest BCUT2D eigenvalue weighted by atomic mass is 35.5. The molecule has 1 saturated heterocycles. The van der Waals surface area contributed by atoms with Gasteiger partial charge in [0.25, 0.3) is 0 Å². The molecule has 0 spiro atoms. The van der Waals surface area contributed by atoms with Crippen LogP contribution in [0.1, 0.15) is 12.5 Å². The highest BCUT2D eigenvalue weighted by Crippen LogP contribution is 2.40. The van der Waals surface area contributed by atoms with E-state index in [4.69, 9.17) is 26.2 Å². The van der Waals surface area contributed by atoms with Gasteiger partial charge in [-0.25, -0.2) is 0 Å². The van der Waals surface area contributed by atoms with Crippen molar-refractivity contribution in [3.8, 4) is 11.5 Å². The maximum Gasteiger partial charge on any atom is 0.308 e. The third kappa shape index (κ3) is 2.43. The van der Waals surface area contributed by atoms with Crippen molar-refractivity contribution in [2.45, 2.75) is 13.5 Å². The average molecular weight is 298 g/mol. The zero-order valence-electron chi connectivity index (χ0n) is 11.1. The summed E-state index contributed by atoms with van der Waals surface area (Å²) in [6.45, 7) is 4.20. The molecule has 2 aliphatic heterocycles. The van der Waals surface area contributed by atoms with Crippen molar-refractivity contribution in [2.24, 2.45) is 11.8 Å². The van der Waals surface area contributed by atoms with Crippen LogP contribution in [0.5, 0.6) is 11.5 Å². The van der Waals surface area contributed by atoms with Gasteiger partial charge in [-0.2, -0.15) is 0 Å². The summed E-state index contributed by atoms with van der Waals surface area (Å²) in [7, 11) is 0. The summed E-state index contributed by atoms with van der Waals surface area (Å²) in [6, 6.07) is 3.76. The lowest BCUT2D eigenvalue weighted by molar-refractivity contribution is -0.142. The summed E-state index contributed by atoms with van der Waals surface area (Å²) in [5, 5.41) is 9.69. The van der Waals surface area contributed by atoms with Gasteiger partial charge >= 0.3 is 5.97 Å². The molecule has 2 atom stereocenters. The molecule has 108 valence electrons. The van der Waals surface area contributed by atoms with Gasteiger partial charge in [0.2, 0.25) is 6.79 Å². The molecule has 1 fully saturated rings. The zero-order valence-corrected chi connectivity index (χ0v) is 11.9. The smallest absolute Gasteiger partial charge is 0.308 e. The SMILES string of the molecule is CC1CN(Cc2cc(Cl)c3c(c2)OCO3)CC1C(=O)O. The van der Waals surface area contributed by atoms with Crippen molar-refractivity contribution in [1.82, 2.24) is 4.90 Å². The number of nitrogens with zero attached hydrogens (tertiary/aromatic N) is 1. The minimum atomic E-state index is -0.719. The quantitative estimate of drug-likeness (QED) is 0.927. The van der Waals surface area contributed by atoms with Crippen molar-refractivity contribution in [3.63, 3.8) is 0 Å². The molecule has 3 rings (SSSR count). The molecule has 1 aromatic carbocycles. The molecule has 2 unspecified atom stereocenters. The normalized spacial score (nSPS) is 25.1. The number of fused-ring (bicyclic) bond motifs is 1. The van der Waals surface area contributed by atoms with Gasteiger partial charge in [-0.05, 0) is 23.6 Å². The molecule has 2 heterocycles. The van der Waals surface area contributed by atoms with Crippen LogP contribution in [0.3, 0.4) is 0 Å². The van der Waals surface area contributed by atoms with Gasteiger partial charge in [-0.1, -0.05) is 18.5 Å². The zero-order chi connectivity index (χ0) is 14.3. The second-order valence-electron chi connectivity index (χ2n) is 5.43. The lowest BCUT2D eigenvalue weighted by Crippen LogP contribution is -2.23. The number of hydrogen-bond acceptors (Lipinski definition) is 4. The molecule has 0 amide bonds. The average Bonchev–Trinajstić information content (AvgIpc) is 2.96. The van der Waals surface area contributed by atoms with E-state index in [9.17, 15) is 4.79 Å². The molecule has 1 N–H and O–H groups in total. The van der Waals surface area contributed by atoms with Crippen LogP contribution in [0.25, 0.3) is 0 Å². The molecular weight excluding hydrogens is 282 g/mol. The molecule has 0 bridgehead atoms. The molecule has 1 aromatic rings. The number of rotatable bonds is 3. The fraction of sp³-hybridized carbons (Fsp3) is 0.500. The summed E-state index contributed by atoms with van der Waals surface area (Å²) in [4.78, 5) is 13.3. The highest BCUT2D eigenvalue weighted by Gasteiger charge is 2.34. The number of benzene rings is 1. The van der Waals surface area contributed by atoms with E-state index in [0.29, 0.717) is 29.6 Å². The number of carboxylic acids is 1. The van der Waals surface area contributed by atoms with Gasteiger partial charge in [0.15, 0.2) is 11.5 Å². The Balaban J connectivity index is 1.73. The van der Waals surface area contributed by atoms with Gasteiger partial charge in [0, 0.05) is 19.6 Å². The molecule has 20 heavy (non-hydrogen) atoms. The summed E-state index contributed by atoms with van der Waals surface area (Å²) in [5.74, 6) is 0.406. The van der Waals surface area contributed by atoms with E-state index in [-0.39, 0.29) is 18.6 Å². The number of likely N-dealkylation sites (tertiary alicyclic amines) is 1. The Labute approximate surface area is 122 Å². The Hall–Kier alpha value is -1.46. The number of aliphatic carboxylic acids is 1. The van der Waals surface area contributed by atoms with Gasteiger partial charge in [0.1, 0.15) is 0 Å². The lowest BCUT2D eigenvalue weighted by atomic mass is 9.99. The van der Waals surface area contributed by atoms with E-state index in [1.54, 1.807) is 0 Å². The van der Waals surface area contributed by atoms with Gasteiger partial charge in [0.05, 0.1) is 10.9 Å². The van der Waals surface area contributed by atoms with E-state index in [2.05, 4.69) is 4.90 Å². The minimum absolute atomic E-state index is 0.164. The van der Waals surface area contributed by atoms with Crippen LogP contribution >= 0.6 is 11.6 Å². The lowest BCUT2D eigenvalue weighted by Gasteiger charge is -2.16. The fourth-order valence-electron chi connectivity index (χ4n) is 2.89. The van der Waals surface area contributed by atoms with Crippen LogP contribution in [-0.2, 0) is 11.3 Å². The Bertz CT molecular complexity index is 548. The van der Waals surface area contributed by atoms with Crippen LogP contribution in [-0.4, -0.2) is 35.9 Å². The summed E-state index contributed by atoms with van der Waals surface area (Å²) in [6.07, 6.45) is 0. The van der Waals surface area contributed by atoms with E-state index < -0.39 is 5.97 Å². The van der Waals surface area contributed by atoms with Crippen LogP contribution in [0, 0.1) is 11.8 Å². The molecule has 2 aliphatic rings. The number of carboxylic acid groups (broad SMARTS) is 1. The van der Waals surface area contributed by atoms with Gasteiger partial charge in [-0.15, -0.1) is 0 Å². The molecule has 0 aromatic heterocycles. The van der Waals surface area contributed by atoms with Crippen molar-refractivity contribution in [2.75, 3.05) is 19.9 Å². The maximum absolute atomic E-state index is 11.1. The Morgan fingerprint density at radius 1 is 1.45 bits per heavy atom. The van der Waals surface area contributed by atoms with Crippen LogP contribution in [0.15, 0.2) is 12.1 Å². The first kappa shape index (κ1) is 13.5. The first-order valence-electron chi connectivity index (χ1n) is 6.58. The predicted molar refractivity (Wildman–Crippen MR) is 73.1 cm³/mol. The fourth-order valence-corrected chi connectivity index (χ4v) is 3.18. The van der Waals surface area contributed by atoms with E-state index in [1.165, 1.54) is 0 Å². The predicted octanol–water partition coefficient (Wildman–Crippen LogP) is 2.22. The van der Waals surface area contributed by atoms with Crippen molar-refractivity contribution >= 4 is 17.6 Å². The topological polar surface area (TPSA) is 59.0 Å². The van der Waals surface area contributed by atoms with E-state index >= 15 is 0 Å². The van der Waals surface area contributed by atoms with Crippen molar-refractivity contribution < 1.29 is 19.4 Å². The van der Waals surface area contributed by atoms with Crippen LogP contribution < -0.4 is 9.47 Å². The Kier molecular flexibility index (Phi) is 3.48. The molecule has 0 saturated carbocycles. The van der Waals surface area contributed by atoms with Gasteiger partial charge in [-0.3, -0.25) is 9.69 Å². The second-order valence-corrected chi connectivity index (χ2v) is 5.83. The largest absolute Gasteiger partial charge is 0.481 e. The van der Waals surface area contributed by atoms with Gasteiger partial charge < -0.3 is 14.6 Å². The molecule has 6 heteroatoms. The summed E-state index contributed by atoms with van der Waals surface area (Å²) >= 11 is 6.15. The first-order chi connectivity index (χ1) is 9.54. The number of carbonyl (C=O) groups is 1. The van der Waals surface area contributed by atoms with Crippen molar-refractivity contribution in [1.29, 1.82) is 0 Å². The van der Waals surface area contributed by atoms with Crippen LogP contribution in [0.4, 0.5) is 0 Å². The number of hydrogen-bond donors (Lipinski definition) is 1. The molecular formula is C14H16ClNO4. The molecule has 0 radical (unpaired) electrons. The standard InChI is InChI=1S/C14H16ClNO4/c1-8-4-16(6-10(8)14(17)18)5-9-2-11(15)13-12(3-9)19-7-20-13/h2-3,8,10H,4-7H2,1H3,(H,17,18). The van der Waals surface area contributed by atoms with E-state index in [0.717, 1.165) is 12.1 Å². The maximum atomic E-state index is 11.1. The monoisotopic (exact) mass is 297 g/mol. The number of halogens is 1. The third-order valence-corrected chi connectivity index (χ3v) is 4.18. The third-order valence-electron chi connectivity index (χ3n) is 3.90. The van der Waals surface area contributed by atoms with E-state index in [1.807, 2.05) is 19.1 Å². The summed E-state index contributed by atoms with van der Waals surface area (Å²) in [5.41, 5.74) is 1.01. The van der Waals surface area contributed by atoms with Crippen LogP contribution in [0.2, 0.25) is 5.02 Å². The number of ether oxygens (including phenoxy) is 2. The molecule has 0 aliphatic carbocycles. The Morgan fingerprint density at radius 3 is 2.95 bits per heavy atom.